The van der Waals surface area contributed by atoms with Crippen LogP contribution >= 0.6 is 14.3 Å². The fourth-order valence-corrected chi connectivity index (χ4v) is 14.9. The van der Waals surface area contributed by atoms with E-state index in [4.69, 9.17) is 0 Å². The van der Waals surface area contributed by atoms with Gasteiger partial charge in [-0.2, -0.15) is 0 Å². The molecule has 1 aliphatic rings. The van der Waals surface area contributed by atoms with Crippen LogP contribution in [0.1, 0.15) is 19.3 Å². The Morgan fingerprint density at radius 2 is 0.688 bits per heavy atom. The van der Waals surface area contributed by atoms with Crippen molar-refractivity contribution in [2.45, 2.75) is 24.2 Å². The van der Waals surface area contributed by atoms with Gasteiger partial charge in [-0.15, -0.1) is 0 Å². The molecule has 0 unspecified atom stereocenters. The predicted molar refractivity (Wildman–Crippen MR) is 136 cm³/mol. The van der Waals surface area contributed by atoms with Crippen LogP contribution in [-0.2, 0) is 9.13 Å². The maximum atomic E-state index is 15.5. The zero-order valence-electron chi connectivity index (χ0n) is 17.9. The predicted octanol–water partition coefficient (Wildman–Crippen LogP) is 5.89. The molecule has 0 spiro atoms. The summed E-state index contributed by atoms with van der Waals surface area (Å²) >= 11 is 0. The third kappa shape index (κ3) is 3.01. The first-order chi connectivity index (χ1) is 15.6. The van der Waals surface area contributed by atoms with E-state index < -0.39 is 19.2 Å². The minimum Gasteiger partial charge on any atom is -0.313 e. The average Bonchev–Trinajstić information content (AvgIpc) is 2.85. The van der Waals surface area contributed by atoms with Gasteiger partial charge in [0.1, 0.15) is 0 Å². The standard InChI is InChI=1S/C28H26O2P2/c29-31(24-14-5-1-6-15-24,25-16-7-2-8-17-25)28(22-13-23-28)32(30,26-18-9-3-10-19-26)27-20-11-4-12-21-27/h1-12,14-21H,13,22-23H2. The van der Waals surface area contributed by atoms with Gasteiger partial charge in [0, 0.05) is 21.2 Å². The van der Waals surface area contributed by atoms with Crippen molar-refractivity contribution in [3.63, 3.8) is 0 Å². The molecule has 2 nitrogen and oxygen atoms in total. The van der Waals surface area contributed by atoms with Crippen molar-refractivity contribution in [3.05, 3.63) is 121 Å². The van der Waals surface area contributed by atoms with E-state index in [1.165, 1.54) is 0 Å². The Morgan fingerprint density at radius 1 is 0.438 bits per heavy atom. The fraction of sp³-hybridized carbons (Fsp3) is 0.143. The molecule has 0 heterocycles. The first-order valence-corrected chi connectivity index (χ1v) is 14.5. The van der Waals surface area contributed by atoms with Crippen molar-refractivity contribution in [3.8, 4) is 0 Å². The smallest absolute Gasteiger partial charge is 0.156 e. The van der Waals surface area contributed by atoms with Crippen molar-refractivity contribution in [2.24, 2.45) is 0 Å². The molecule has 0 bridgehead atoms. The average molecular weight is 456 g/mol. The Morgan fingerprint density at radius 3 is 0.875 bits per heavy atom. The highest BCUT2D eigenvalue weighted by atomic mass is 31.2. The summed E-state index contributed by atoms with van der Waals surface area (Å²) in [6, 6.07) is 38.9. The van der Waals surface area contributed by atoms with Crippen LogP contribution in [0, 0.1) is 0 Å². The Labute approximate surface area is 190 Å². The lowest BCUT2D eigenvalue weighted by Crippen LogP contribution is -2.48. The van der Waals surface area contributed by atoms with E-state index in [0.717, 1.165) is 27.6 Å². The quantitative estimate of drug-likeness (QED) is 0.339. The van der Waals surface area contributed by atoms with E-state index in [1.54, 1.807) is 0 Å². The molecule has 32 heavy (non-hydrogen) atoms. The molecule has 4 heteroatoms. The van der Waals surface area contributed by atoms with Gasteiger partial charge in [0.05, 0.1) is 4.90 Å². The molecule has 1 aliphatic carbocycles. The van der Waals surface area contributed by atoms with Crippen LogP contribution in [0.4, 0.5) is 0 Å². The normalized spacial score (nSPS) is 15.6. The van der Waals surface area contributed by atoms with Gasteiger partial charge in [0.25, 0.3) is 0 Å². The van der Waals surface area contributed by atoms with Gasteiger partial charge < -0.3 is 9.13 Å². The van der Waals surface area contributed by atoms with E-state index in [9.17, 15) is 0 Å². The molecule has 4 aromatic rings. The van der Waals surface area contributed by atoms with Gasteiger partial charge in [0.2, 0.25) is 0 Å². The summed E-state index contributed by atoms with van der Waals surface area (Å²) in [7, 11) is -6.55. The lowest BCUT2D eigenvalue weighted by molar-refractivity contribution is 0.427. The Kier molecular flexibility index (Phi) is 5.54. The summed E-state index contributed by atoms with van der Waals surface area (Å²) in [4.78, 5) is -0.842. The third-order valence-corrected chi connectivity index (χ3v) is 15.8. The summed E-state index contributed by atoms with van der Waals surface area (Å²) in [6.45, 7) is 0. The molecule has 0 amide bonds. The largest absolute Gasteiger partial charge is 0.313 e. The molecule has 0 saturated heterocycles. The maximum Gasteiger partial charge on any atom is 0.156 e. The van der Waals surface area contributed by atoms with Crippen molar-refractivity contribution < 1.29 is 9.13 Å². The van der Waals surface area contributed by atoms with Gasteiger partial charge in [-0.3, -0.25) is 0 Å². The number of hydrogen-bond donors (Lipinski definition) is 0. The summed E-state index contributed by atoms with van der Waals surface area (Å²) in [5.74, 6) is 0. The molecule has 1 saturated carbocycles. The fourth-order valence-electron chi connectivity index (χ4n) is 5.13. The van der Waals surface area contributed by atoms with Crippen molar-refractivity contribution in [1.29, 1.82) is 0 Å². The van der Waals surface area contributed by atoms with Crippen LogP contribution in [0.5, 0.6) is 0 Å². The van der Waals surface area contributed by atoms with Gasteiger partial charge in [-0.25, -0.2) is 0 Å². The third-order valence-electron chi connectivity index (χ3n) is 6.81. The van der Waals surface area contributed by atoms with Crippen LogP contribution < -0.4 is 21.2 Å². The van der Waals surface area contributed by atoms with Crippen LogP contribution in [0.15, 0.2) is 121 Å². The Hall–Kier alpha value is -2.66. The van der Waals surface area contributed by atoms with E-state index in [1.807, 2.05) is 121 Å². The molecular formula is C28H26O2P2. The van der Waals surface area contributed by atoms with E-state index in [-0.39, 0.29) is 0 Å². The Balaban J connectivity index is 1.87. The summed E-state index contributed by atoms with van der Waals surface area (Å²) in [6.07, 6.45) is 2.28. The minimum atomic E-state index is -3.27. The lowest BCUT2D eigenvalue weighted by atomic mass is 9.99. The second kappa shape index (κ2) is 8.36. The molecular weight excluding hydrogens is 430 g/mol. The van der Waals surface area contributed by atoms with Gasteiger partial charge in [-0.05, 0) is 12.8 Å². The van der Waals surface area contributed by atoms with Crippen LogP contribution in [0.2, 0.25) is 0 Å². The lowest BCUT2D eigenvalue weighted by Gasteiger charge is -2.52. The highest BCUT2D eigenvalue weighted by Crippen LogP contribution is 2.80. The van der Waals surface area contributed by atoms with Crippen LogP contribution in [0.3, 0.4) is 0 Å². The van der Waals surface area contributed by atoms with Crippen molar-refractivity contribution in [1.82, 2.24) is 0 Å². The maximum absolute atomic E-state index is 15.5. The highest BCUT2D eigenvalue weighted by Gasteiger charge is 2.64. The molecule has 0 atom stereocenters. The minimum absolute atomic E-state index is 0.676. The number of hydrogen-bond acceptors (Lipinski definition) is 2. The zero-order valence-corrected chi connectivity index (χ0v) is 19.7. The molecule has 5 rings (SSSR count). The zero-order chi connectivity index (χ0) is 22.1. The molecule has 160 valence electrons. The van der Waals surface area contributed by atoms with Crippen LogP contribution in [-0.4, -0.2) is 4.90 Å². The second-order valence-corrected chi connectivity index (χ2v) is 15.0. The monoisotopic (exact) mass is 456 g/mol. The van der Waals surface area contributed by atoms with E-state index in [0.29, 0.717) is 12.8 Å². The SMILES string of the molecule is O=P(c1ccccc1)(c1ccccc1)C1(P(=O)(c2ccccc2)c2ccccc2)CCC1. The molecule has 0 aromatic heterocycles. The van der Waals surface area contributed by atoms with Crippen molar-refractivity contribution >= 4 is 35.5 Å². The topological polar surface area (TPSA) is 34.1 Å². The molecule has 4 aromatic carbocycles. The van der Waals surface area contributed by atoms with Crippen molar-refractivity contribution in [2.75, 3.05) is 0 Å². The van der Waals surface area contributed by atoms with Gasteiger partial charge >= 0.3 is 0 Å². The number of rotatable bonds is 6. The van der Waals surface area contributed by atoms with Gasteiger partial charge in [0.15, 0.2) is 14.3 Å². The summed E-state index contributed by atoms with van der Waals surface area (Å²) in [5, 5.41) is 3.16. The summed E-state index contributed by atoms with van der Waals surface area (Å²) in [5.41, 5.74) is 0. The van der Waals surface area contributed by atoms with E-state index >= 15 is 9.13 Å². The van der Waals surface area contributed by atoms with E-state index in [2.05, 4.69) is 0 Å². The summed E-state index contributed by atoms with van der Waals surface area (Å²) < 4.78 is 31.1. The molecule has 0 N–H and O–H groups in total. The molecule has 0 radical (unpaired) electrons. The van der Waals surface area contributed by atoms with Crippen LogP contribution in [0.25, 0.3) is 0 Å². The first-order valence-electron chi connectivity index (χ1n) is 11.1. The highest BCUT2D eigenvalue weighted by molar-refractivity contribution is 7.96. The molecule has 0 aliphatic heterocycles. The first kappa shape index (κ1) is 21.2. The number of benzene rings is 4. The van der Waals surface area contributed by atoms with Gasteiger partial charge in [-0.1, -0.05) is 128 Å². The molecule has 1 fully saturated rings. The second-order valence-electron chi connectivity index (χ2n) is 8.40. The Bertz CT molecular complexity index is 1100.